The van der Waals surface area contributed by atoms with E-state index in [2.05, 4.69) is 4.98 Å². The minimum atomic E-state index is -3.55. The van der Waals surface area contributed by atoms with Crippen molar-refractivity contribution in [3.8, 4) is 0 Å². The molecule has 1 saturated heterocycles. The molecule has 6 nitrogen and oxygen atoms in total. The summed E-state index contributed by atoms with van der Waals surface area (Å²) in [5, 5.41) is 0. The molecule has 0 radical (unpaired) electrons. The van der Waals surface area contributed by atoms with E-state index in [-0.39, 0.29) is 22.9 Å². The van der Waals surface area contributed by atoms with Crippen LogP contribution in [0.15, 0.2) is 23.2 Å². The third kappa shape index (κ3) is 2.88. The standard InChI is InChI=1S/C12H19N3O3S/c1-3-10-8-18-9(2)7-15(10)19(16,17)11-4-5-14-12(13)6-11/h4-6,9-10H,3,7-8H2,1-2H3,(H2,13,14). The van der Waals surface area contributed by atoms with Crippen molar-refractivity contribution in [3.63, 3.8) is 0 Å². The van der Waals surface area contributed by atoms with E-state index >= 15 is 0 Å². The van der Waals surface area contributed by atoms with E-state index in [0.29, 0.717) is 19.6 Å². The van der Waals surface area contributed by atoms with Crippen LogP contribution in [0.25, 0.3) is 0 Å². The predicted molar refractivity (Wildman–Crippen MR) is 72.0 cm³/mol. The van der Waals surface area contributed by atoms with Crippen molar-refractivity contribution in [3.05, 3.63) is 18.3 Å². The average Bonchev–Trinajstić information content (AvgIpc) is 2.38. The third-order valence-corrected chi connectivity index (χ3v) is 5.16. The molecular weight excluding hydrogens is 266 g/mol. The molecular formula is C12H19N3O3S. The van der Waals surface area contributed by atoms with Crippen molar-refractivity contribution in [2.75, 3.05) is 18.9 Å². The largest absolute Gasteiger partial charge is 0.384 e. The first-order chi connectivity index (χ1) is 8.95. The van der Waals surface area contributed by atoms with Gasteiger partial charge < -0.3 is 10.5 Å². The Morgan fingerprint density at radius 1 is 1.58 bits per heavy atom. The fraction of sp³-hybridized carbons (Fsp3) is 0.583. The quantitative estimate of drug-likeness (QED) is 0.890. The van der Waals surface area contributed by atoms with Crippen LogP contribution >= 0.6 is 0 Å². The highest BCUT2D eigenvalue weighted by atomic mass is 32.2. The summed E-state index contributed by atoms with van der Waals surface area (Å²) in [7, 11) is -3.55. The van der Waals surface area contributed by atoms with Crippen LogP contribution in [0.2, 0.25) is 0 Å². The lowest BCUT2D eigenvalue weighted by Crippen LogP contribution is -2.51. The maximum atomic E-state index is 12.6. The van der Waals surface area contributed by atoms with Crippen LogP contribution in [0.3, 0.4) is 0 Å². The molecule has 2 N–H and O–H groups in total. The minimum Gasteiger partial charge on any atom is -0.384 e. The number of nitrogens with zero attached hydrogens (tertiary/aromatic N) is 2. The summed E-state index contributed by atoms with van der Waals surface area (Å²) in [4.78, 5) is 4.01. The Kier molecular flexibility index (Phi) is 4.07. The van der Waals surface area contributed by atoms with Gasteiger partial charge in [0.05, 0.1) is 17.6 Å². The Labute approximate surface area is 113 Å². The summed E-state index contributed by atoms with van der Waals surface area (Å²) in [5.74, 6) is 0.204. The van der Waals surface area contributed by atoms with Gasteiger partial charge in [-0.1, -0.05) is 6.92 Å². The number of hydrogen-bond acceptors (Lipinski definition) is 5. The molecule has 19 heavy (non-hydrogen) atoms. The summed E-state index contributed by atoms with van der Waals surface area (Å²) in [6.45, 7) is 4.61. The SMILES string of the molecule is CCC1COC(C)CN1S(=O)(=O)c1ccnc(N)c1. The van der Waals surface area contributed by atoms with Crippen molar-refractivity contribution in [2.45, 2.75) is 37.3 Å². The van der Waals surface area contributed by atoms with Gasteiger partial charge in [-0.05, 0) is 19.4 Å². The van der Waals surface area contributed by atoms with Gasteiger partial charge in [0.15, 0.2) is 0 Å². The lowest BCUT2D eigenvalue weighted by Gasteiger charge is -2.37. The molecule has 0 amide bonds. The molecule has 7 heteroatoms. The maximum absolute atomic E-state index is 12.6. The summed E-state index contributed by atoms with van der Waals surface area (Å²) in [6.07, 6.45) is 2.02. The average molecular weight is 285 g/mol. The zero-order valence-corrected chi connectivity index (χ0v) is 11.9. The molecule has 0 bridgehead atoms. The third-order valence-electron chi connectivity index (χ3n) is 3.25. The molecule has 1 aliphatic rings. The van der Waals surface area contributed by atoms with Gasteiger partial charge in [-0.25, -0.2) is 13.4 Å². The van der Waals surface area contributed by atoms with Crippen LogP contribution < -0.4 is 5.73 Å². The van der Waals surface area contributed by atoms with Crippen LogP contribution in [0, 0.1) is 0 Å². The highest BCUT2D eigenvalue weighted by Gasteiger charge is 2.35. The normalized spacial score (nSPS) is 25.4. The van der Waals surface area contributed by atoms with Gasteiger partial charge >= 0.3 is 0 Å². The number of rotatable bonds is 3. The topological polar surface area (TPSA) is 85.5 Å². The van der Waals surface area contributed by atoms with E-state index in [0.717, 1.165) is 0 Å². The van der Waals surface area contributed by atoms with Crippen molar-refractivity contribution in [1.82, 2.24) is 9.29 Å². The number of aromatic nitrogens is 1. The molecule has 1 fully saturated rings. The Hall–Kier alpha value is -1.18. The molecule has 2 atom stereocenters. The van der Waals surface area contributed by atoms with Crippen molar-refractivity contribution in [2.24, 2.45) is 0 Å². The van der Waals surface area contributed by atoms with E-state index in [1.807, 2.05) is 13.8 Å². The van der Waals surface area contributed by atoms with Crippen molar-refractivity contribution in [1.29, 1.82) is 0 Å². The fourth-order valence-electron chi connectivity index (χ4n) is 2.15. The fourth-order valence-corrected chi connectivity index (χ4v) is 3.94. The number of morpholine rings is 1. The Balaban J connectivity index is 2.36. The Bertz CT molecular complexity index is 547. The van der Waals surface area contributed by atoms with Crippen molar-refractivity contribution < 1.29 is 13.2 Å². The number of pyridine rings is 1. The molecule has 1 aromatic heterocycles. The molecule has 2 unspecified atom stereocenters. The second-order valence-corrected chi connectivity index (χ2v) is 6.59. The van der Waals surface area contributed by atoms with Gasteiger partial charge in [0.25, 0.3) is 0 Å². The first-order valence-electron chi connectivity index (χ1n) is 6.30. The molecule has 0 aliphatic carbocycles. The van der Waals surface area contributed by atoms with Crippen LogP contribution in [0.1, 0.15) is 20.3 Å². The highest BCUT2D eigenvalue weighted by Crippen LogP contribution is 2.24. The predicted octanol–water partition coefficient (Wildman–Crippen LogP) is 0.852. The molecule has 2 rings (SSSR count). The molecule has 106 valence electrons. The molecule has 2 heterocycles. The van der Waals surface area contributed by atoms with E-state index < -0.39 is 10.0 Å². The van der Waals surface area contributed by atoms with Gasteiger partial charge in [0.1, 0.15) is 5.82 Å². The zero-order chi connectivity index (χ0) is 14.0. The first-order valence-corrected chi connectivity index (χ1v) is 7.74. The highest BCUT2D eigenvalue weighted by molar-refractivity contribution is 7.89. The number of nitrogen functional groups attached to an aromatic ring is 1. The number of ether oxygens (including phenoxy) is 1. The molecule has 0 saturated carbocycles. The van der Waals surface area contributed by atoms with E-state index in [1.165, 1.54) is 22.6 Å². The van der Waals surface area contributed by atoms with E-state index in [1.54, 1.807) is 0 Å². The number of sulfonamides is 1. The minimum absolute atomic E-state index is 0.100. The van der Waals surface area contributed by atoms with Gasteiger partial charge in [0, 0.05) is 24.8 Å². The summed E-state index contributed by atoms with van der Waals surface area (Å²) < 4.78 is 32.3. The monoisotopic (exact) mass is 285 g/mol. The van der Waals surface area contributed by atoms with Gasteiger partial charge in [-0.2, -0.15) is 4.31 Å². The zero-order valence-electron chi connectivity index (χ0n) is 11.1. The van der Waals surface area contributed by atoms with Gasteiger partial charge in [0.2, 0.25) is 10.0 Å². The van der Waals surface area contributed by atoms with Gasteiger partial charge in [-0.3, -0.25) is 0 Å². The second-order valence-electron chi connectivity index (χ2n) is 4.70. The number of anilines is 1. The summed E-state index contributed by atoms with van der Waals surface area (Å²) in [5.41, 5.74) is 5.56. The lowest BCUT2D eigenvalue weighted by atomic mass is 10.2. The summed E-state index contributed by atoms with van der Waals surface area (Å²) in [6, 6.07) is 2.73. The number of nitrogens with two attached hydrogens (primary N) is 1. The molecule has 0 aromatic carbocycles. The summed E-state index contributed by atoms with van der Waals surface area (Å²) >= 11 is 0. The molecule has 0 spiro atoms. The van der Waals surface area contributed by atoms with E-state index in [4.69, 9.17) is 10.5 Å². The Morgan fingerprint density at radius 3 is 2.95 bits per heavy atom. The second kappa shape index (κ2) is 5.44. The van der Waals surface area contributed by atoms with Gasteiger partial charge in [-0.15, -0.1) is 0 Å². The van der Waals surface area contributed by atoms with Crippen molar-refractivity contribution >= 4 is 15.8 Å². The van der Waals surface area contributed by atoms with Crippen LogP contribution in [-0.2, 0) is 14.8 Å². The Morgan fingerprint density at radius 2 is 2.32 bits per heavy atom. The first kappa shape index (κ1) is 14.2. The smallest absolute Gasteiger partial charge is 0.243 e. The molecule has 1 aliphatic heterocycles. The number of hydrogen-bond donors (Lipinski definition) is 1. The van der Waals surface area contributed by atoms with Crippen LogP contribution in [-0.4, -0.2) is 43.0 Å². The van der Waals surface area contributed by atoms with E-state index in [9.17, 15) is 8.42 Å². The van der Waals surface area contributed by atoms with Crippen LogP contribution in [0.5, 0.6) is 0 Å². The molecule has 1 aromatic rings. The lowest BCUT2D eigenvalue weighted by molar-refractivity contribution is -0.0230. The maximum Gasteiger partial charge on any atom is 0.243 e. The van der Waals surface area contributed by atoms with Crippen LogP contribution in [0.4, 0.5) is 5.82 Å².